The predicted octanol–water partition coefficient (Wildman–Crippen LogP) is 0.102. The summed E-state index contributed by atoms with van der Waals surface area (Å²) >= 11 is 0. The molecule has 84 valence electrons. The lowest BCUT2D eigenvalue weighted by Crippen LogP contribution is -2.25. The molecule has 0 atom stereocenters. The van der Waals surface area contributed by atoms with Gasteiger partial charge in [-0.05, 0) is 45.9 Å². The highest BCUT2D eigenvalue weighted by atomic mass is 16.1. The largest absolute Gasteiger partial charge is 0.356 e. The van der Waals surface area contributed by atoms with E-state index in [-0.39, 0.29) is 5.91 Å². The average Bonchev–Trinajstić information content (AvgIpc) is 2.15. The topological polar surface area (TPSA) is 53.2 Å². The molecule has 0 aromatic heterocycles. The molecule has 0 fully saturated rings. The normalized spacial score (nSPS) is 10.1. The number of nitrogens with one attached hydrogen (secondary N) is 3. The standard InChI is InChI=1S/C10H23N3O/c1-10(14)13-9-5-8-12-7-4-3-6-11-2/h11-12H,3-9H2,1-2H3,(H,13,14). The van der Waals surface area contributed by atoms with Crippen molar-refractivity contribution in [2.45, 2.75) is 26.2 Å². The van der Waals surface area contributed by atoms with Crippen molar-refractivity contribution in [3.63, 3.8) is 0 Å². The lowest BCUT2D eigenvalue weighted by atomic mass is 10.3. The summed E-state index contributed by atoms with van der Waals surface area (Å²) in [5.41, 5.74) is 0. The van der Waals surface area contributed by atoms with Crippen LogP contribution in [0.1, 0.15) is 26.2 Å². The van der Waals surface area contributed by atoms with Crippen molar-refractivity contribution in [3.05, 3.63) is 0 Å². The monoisotopic (exact) mass is 201 g/mol. The first kappa shape index (κ1) is 13.4. The Labute approximate surface area is 86.8 Å². The molecule has 3 N–H and O–H groups in total. The fourth-order valence-corrected chi connectivity index (χ4v) is 1.15. The third kappa shape index (κ3) is 11.4. The Balaban J connectivity index is 2.88. The Morgan fingerprint density at radius 2 is 1.64 bits per heavy atom. The van der Waals surface area contributed by atoms with Crippen molar-refractivity contribution in [3.8, 4) is 0 Å². The molecule has 0 aromatic rings. The van der Waals surface area contributed by atoms with E-state index in [1.165, 1.54) is 12.8 Å². The molecule has 4 heteroatoms. The second-order valence-electron chi connectivity index (χ2n) is 3.40. The van der Waals surface area contributed by atoms with Crippen LogP contribution >= 0.6 is 0 Å². The van der Waals surface area contributed by atoms with Crippen LogP contribution in [0.25, 0.3) is 0 Å². The molecule has 0 saturated heterocycles. The van der Waals surface area contributed by atoms with Crippen LogP contribution in [0.2, 0.25) is 0 Å². The maximum atomic E-state index is 10.5. The van der Waals surface area contributed by atoms with E-state index in [1.807, 2.05) is 7.05 Å². The van der Waals surface area contributed by atoms with E-state index in [4.69, 9.17) is 0 Å². The summed E-state index contributed by atoms with van der Waals surface area (Å²) in [6.07, 6.45) is 3.43. The molecule has 0 rings (SSSR count). The predicted molar refractivity (Wildman–Crippen MR) is 59.3 cm³/mol. The first-order chi connectivity index (χ1) is 6.77. The van der Waals surface area contributed by atoms with Crippen LogP contribution in [-0.4, -0.2) is 39.1 Å². The number of rotatable bonds is 9. The second kappa shape index (κ2) is 10.5. The molecule has 0 saturated carbocycles. The lowest BCUT2D eigenvalue weighted by Gasteiger charge is -2.04. The fraction of sp³-hybridized carbons (Fsp3) is 0.900. The summed E-state index contributed by atoms with van der Waals surface area (Å²) in [4.78, 5) is 10.5. The molecule has 0 spiro atoms. The van der Waals surface area contributed by atoms with E-state index in [1.54, 1.807) is 6.92 Å². The van der Waals surface area contributed by atoms with Gasteiger partial charge < -0.3 is 16.0 Å². The van der Waals surface area contributed by atoms with Crippen LogP contribution in [0.5, 0.6) is 0 Å². The number of amides is 1. The Morgan fingerprint density at radius 1 is 1.00 bits per heavy atom. The molecule has 0 aromatic carbocycles. The van der Waals surface area contributed by atoms with Gasteiger partial charge in [-0.2, -0.15) is 0 Å². The van der Waals surface area contributed by atoms with Gasteiger partial charge in [-0.25, -0.2) is 0 Å². The molecule has 0 unspecified atom stereocenters. The minimum absolute atomic E-state index is 0.0546. The minimum atomic E-state index is 0.0546. The summed E-state index contributed by atoms with van der Waals surface area (Å²) in [5.74, 6) is 0.0546. The summed E-state index contributed by atoms with van der Waals surface area (Å²) in [5, 5.41) is 9.22. The van der Waals surface area contributed by atoms with Crippen molar-refractivity contribution in [2.75, 3.05) is 33.2 Å². The van der Waals surface area contributed by atoms with Crippen LogP contribution in [-0.2, 0) is 4.79 Å². The quantitative estimate of drug-likeness (QED) is 0.464. The fourth-order valence-electron chi connectivity index (χ4n) is 1.15. The third-order valence-corrected chi connectivity index (χ3v) is 1.93. The number of carbonyl (C=O) groups excluding carboxylic acids is 1. The van der Waals surface area contributed by atoms with Crippen molar-refractivity contribution in [1.29, 1.82) is 0 Å². The SMILES string of the molecule is CNCCCCNCCCNC(C)=O. The molecular weight excluding hydrogens is 178 g/mol. The zero-order chi connectivity index (χ0) is 10.6. The van der Waals surface area contributed by atoms with Gasteiger partial charge in [0.15, 0.2) is 0 Å². The van der Waals surface area contributed by atoms with E-state index in [9.17, 15) is 4.79 Å². The Bertz CT molecular complexity index is 139. The van der Waals surface area contributed by atoms with Gasteiger partial charge in [0.05, 0.1) is 0 Å². The molecule has 0 aliphatic heterocycles. The smallest absolute Gasteiger partial charge is 0.216 e. The first-order valence-corrected chi connectivity index (χ1v) is 5.37. The zero-order valence-corrected chi connectivity index (χ0v) is 9.36. The van der Waals surface area contributed by atoms with Gasteiger partial charge in [0.1, 0.15) is 0 Å². The van der Waals surface area contributed by atoms with E-state index in [0.29, 0.717) is 0 Å². The highest BCUT2D eigenvalue weighted by Crippen LogP contribution is 1.83. The van der Waals surface area contributed by atoms with Crippen LogP contribution in [0.3, 0.4) is 0 Å². The van der Waals surface area contributed by atoms with Gasteiger partial charge in [0, 0.05) is 13.5 Å². The van der Waals surface area contributed by atoms with E-state index >= 15 is 0 Å². The Kier molecular flexibility index (Phi) is 10.0. The van der Waals surface area contributed by atoms with Crippen LogP contribution in [0, 0.1) is 0 Å². The van der Waals surface area contributed by atoms with Crippen LogP contribution in [0.4, 0.5) is 0 Å². The Morgan fingerprint density at radius 3 is 2.29 bits per heavy atom. The maximum absolute atomic E-state index is 10.5. The van der Waals surface area contributed by atoms with Gasteiger partial charge in [-0.3, -0.25) is 4.79 Å². The maximum Gasteiger partial charge on any atom is 0.216 e. The number of hydrogen-bond donors (Lipinski definition) is 3. The molecule has 1 amide bonds. The summed E-state index contributed by atoms with van der Waals surface area (Å²) in [6, 6.07) is 0. The Hall–Kier alpha value is -0.610. The van der Waals surface area contributed by atoms with E-state index in [0.717, 1.165) is 32.6 Å². The minimum Gasteiger partial charge on any atom is -0.356 e. The van der Waals surface area contributed by atoms with Gasteiger partial charge in [0.2, 0.25) is 5.91 Å². The second-order valence-corrected chi connectivity index (χ2v) is 3.40. The average molecular weight is 201 g/mol. The van der Waals surface area contributed by atoms with Gasteiger partial charge in [0.25, 0.3) is 0 Å². The first-order valence-electron chi connectivity index (χ1n) is 5.37. The van der Waals surface area contributed by atoms with Gasteiger partial charge >= 0.3 is 0 Å². The van der Waals surface area contributed by atoms with Crippen molar-refractivity contribution in [2.24, 2.45) is 0 Å². The molecule has 0 bridgehead atoms. The molecule has 4 nitrogen and oxygen atoms in total. The number of unbranched alkanes of at least 4 members (excludes halogenated alkanes) is 1. The zero-order valence-electron chi connectivity index (χ0n) is 9.36. The van der Waals surface area contributed by atoms with Crippen molar-refractivity contribution in [1.82, 2.24) is 16.0 Å². The van der Waals surface area contributed by atoms with Crippen molar-refractivity contribution < 1.29 is 4.79 Å². The van der Waals surface area contributed by atoms with E-state index in [2.05, 4.69) is 16.0 Å². The molecule has 14 heavy (non-hydrogen) atoms. The third-order valence-electron chi connectivity index (χ3n) is 1.93. The van der Waals surface area contributed by atoms with Gasteiger partial charge in [-0.15, -0.1) is 0 Å². The highest BCUT2D eigenvalue weighted by molar-refractivity contribution is 5.72. The summed E-state index contributed by atoms with van der Waals surface area (Å²) < 4.78 is 0. The molecule has 0 heterocycles. The van der Waals surface area contributed by atoms with E-state index < -0.39 is 0 Å². The summed E-state index contributed by atoms with van der Waals surface area (Å²) in [6.45, 7) is 5.47. The van der Waals surface area contributed by atoms with Crippen LogP contribution in [0.15, 0.2) is 0 Å². The molecule has 0 radical (unpaired) electrons. The number of hydrogen-bond acceptors (Lipinski definition) is 3. The lowest BCUT2D eigenvalue weighted by molar-refractivity contribution is -0.118. The number of carbonyl (C=O) groups is 1. The highest BCUT2D eigenvalue weighted by Gasteiger charge is 1.91. The van der Waals surface area contributed by atoms with Crippen LogP contribution < -0.4 is 16.0 Å². The molecular formula is C10H23N3O. The summed E-state index contributed by atoms with van der Waals surface area (Å²) in [7, 11) is 1.97. The van der Waals surface area contributed by atoms with Gasteiger partial charge in [-0.1, -0.05) is 0 Å². The molecule has 0 aliphatic carbocycles. The molecule has 0 aliphatic rings. The van der Waals surface area contributed by atoms with Crippen molar-refractivity contribution >= 4 is 5.91 Å².